The Morgan fingerprint density at radius 3 is 2.70 bits per heavy atom. The molecule has 1 atom stereocenters. The number of amides is 2. The van der Waals surface area contributed by atoms with Crippen molar-refractivity contribution in [2.45, 2.75) is 32.2 Å². The Labute approximate surface area is 161 Å². The van der Waals surface area contributed by atoms with Gasteiger partial charge in [0.15, 0.2) is 6.61 Å². The number of ether oxygens (including phenoxy) is 1. The molecule has 1 aliphatic rings. The van der Waals surface area contributed by atoms with Gasteiger partial charge in [-0.15, -0.1) is 11.3 Å². The van der Waals surface area contributed by atoms with Crippen molar-refractivity contribution in [3.05, 3.63) is 40.9 Å². The van der Waals surface area contributed by atoms with Crippen molar-refractivity contribution in [3.8, 4) is 10.6 Å². The molecule has 1 aromatic carbocycles. The number of piperidine rings is 1. The van der Waals surface area contributed by atoms with Crippen LogP contribution in [0.2, 0.25) is 0 Å². The maximum atomic E-state index is 12.4. The predicted octanol–water partition coefficient (Wildman–Crippen LogP) is 2.14. The SMILES string of the molecule is Cc1nc(-c2ccccc2)sc1C(=O)OCC(=O)N1CCCC[C@H]1C(N)=O. The molecule has 3 rings (SSSR count). The van der Waals surface area contributed by atoms with E-state index in [0.29, 0.717) is 23.5 Å². The van der Waals surface area contributed by atoms with Crippen LogP contribution in [0.25, 0.3) is 10.6 Å². The van der Waals surface area contributed by atoms with E-state index in [9.17, 15) is 14.4 Å². The third-order valence-corrected chi connectivity index (χ3v) is 5.67. The maximum Gasteiger partial charge on any atom is 0.350 e. The number of carbonyl (C=O) groups is 3. The third-order valence-electron chi connectivity index (χ3n) is 4.48. The molecule has 0 bridgehead atoms. The lowest BCUT2D eigenvalue weighted by atomic mass is 10.0. The first-order chi connectivity index (χ1) is 13.0. The Kier molecular flexibility index (Phi) is 5.85. The van der Waals surface area contributed by atoms with Gasteiger partial charge in [-0.1, -0.05) is 30.3 Å². The lowest BCUT2D eigenvalue weighted by Crippen LogP contribution is -2.51. The van der Waals surface area contributed by atoms with Crippen molar-refractivity contribution in [2.75, 3.05) is 13.2 Å². The number of thiazole rings is 1. The highest BCUT2D eigenvalue weighted by Gasteiger charge is 2.31. The van der Waals surface area contributed by atoms with Crippen LogP contribution in [0.1, 0.15) is 34.6 Å². The number of likely N-dealkylation sites (tertiary alicyclic amines) is 1. The van der Waals surface area contributed by atoms with Crippen LogP contribution < -0.4 is 5.73 Å². The number of benzene rings is 1. The molecule has 2 N–H and O–H groups in total. The zero-order valence-corrected chi connectivity index (χ0v) is 15.8. The molecule has 8 heteroatoms. The van der Waals surface area contributed by atoms with Gasteiger partial charge in [0.2, 0.25) is 5.91 Å². The second kappa shape index (κ2) is 8.30. The van der Waals surface area contributed by atoms with Gasteiger partial charge in [-0.05, 0) is 26.2 Å². The standard InChI is InChI=1S/C19H21N3O4S/c1-12-16(27-18(21-12)13-7-3-2-4-8-13)19(25)26-11-15(23)22-10-6-5-9-14(22)17(20)24/h2-4,7-8,14H,5-6,9-11H2,1H3,(H2,20,24)/t14-/m0/s1. The molecule has 0 unspecified atom stereocenters. The second-order valence-corrected chi connectivity index (χ2v) is 7.38. The van der Waals surface area contributed by atoms with E-state index in [2.05, 4.69) is 4.98 Å². The first-order valence-electron chi connectivity index (χ1n) is 8.76. The van der Waals surface area contributed by atoms with Crippen LogP contribution in [0.3, 0.4) is 0 Å². The molecule has 0 radical (unpaired) electrons. The summed E-state index contributed by atoms with van der Waals surface area (Å²) in [5, 5.41) is 0.719. The van der Waals surface area contributed by atoms with E-state index in [1.807, 2.05) is 30.3 Å². The quantitative estimate of drug-likeness (QED) is 0.792. The van der Waals surface area contributed by atoms with E-state index < -0.39 is 30.4 Å². The van der Waals surface area contributed by atoms with Crippen LogP contribution in [0.5, 0.6) is 0 Å². The Morgan fingerprint density at radius 1 is 1.26 bits per heavy atom. The minimum Gasteiger partial charge on any atom is -0.451 e. The summed E-state index contributed by atoms with van der Waals surface area (Å²) in [6, 6.07) is 8.91. The first-order valence-corrected chi connectivity index (χ1v) is 9.57. The molecule has 1 saturated heterocycles. The maximum absolute atomic E-state index is 12.4. The normalized spacial score (nSPS) is 16.8. The van der Waals surface area contributed by atoms with Crippen LogP contribution in [-0.2, 0) is 14.3 Å². The van der Waals surface area contributed by atoms with E-state index in [1.54, 1.807) is 6.92 Å². The molecule has 2 amide bonds. The number of hydrogen-bond acceptors (Lipinski definition) is 6. The molecular weight excluding hydrogens is 366 g/mol. The molecule has 1 fully saturated rings. The van der Waals surface area contributed by atoms with Crippen LogP contribution in [0.4, 0.5) is 0 Å². The van der Waals surface area contributed by atoms with Crippen molar-refractivity contribution in [1.29, 1.82) is 0 Å². The summed E-state index contributed by atoms with van der Waals surface area (Å²) in [7, 11) is 0. The lowest BCUT2D eigenvalue weighted by molar-refractivity contribution is -0.143. The number of primary amides is 1. The number of aromatic nitrogens is 1. The van der Waals surface area contributed by atoms with Crippen molar-refractivity contribution in [1.82, 2.24) is 9.88 Å². The number of aryl methyl sites for hydroxylation is 1. The Bertz CT molecular complexity index is 850. The van der Waals surface area contributed by atoms with E-state index in [4.69, 9.17) is 10.5 Å². The summed E-state index contributed by atoms with van der Waals surface area (Å²) in [5.41, 5.74) is 6.85. The van der Waals surface area contributed by atoms with E-state index >= 15 is 0 Å². The van der Waals surface area contributed by atoms with E-state index in [1.165, 1.54) is 16.2 Å². The van der Waals surface area contributed by atoms with E-state index in [0.717, 1.165) is 23.4 Å². The fourth-order valence-corrected chi connectivity index (χ4v) is 4.06. The Morgan fingerprint density at radius 2 is 2.00 bits per heavy atom. The highest BCUT2D eigenvalue weighted by atomic mass is 32.1. The minimum atomic E-state index is -0.625. The summed E-state index contributed by atoms with van der Waals surface area (Å²) in [4.78, 5) is 42.5. The molecule has 7 nitrogen and oxygen atoms in total. The third kappa shape index (κ3) is 4.33. The molecule has 27 heavy (non-hydrogen) atoms. The van der Waals surface area contributed by atoms with Crippen LogP contribution in [-0.4, -0.2) is 46.9 Å². The topological polar surface area (TPSA) is 103 Å². The van der Waals surface area contributed by atoms with Gasteiger partial charge in [0.05, 0.1) is 5.69 Å². The van der Waals surface area contributed by atoms with Gasteiger partial charge < -0.3 is 15.4 Å². The number of carbonyl (C=O) groups excluding carboxylic acids is 3. The molecule has 0 aliphatic carbocycles. The van der Waals surface area contributed by atoms with Gasteiger partial charge in [0.1, 0.15) is 15.9 Å². The van der Waals surface area contributed by atoms with Crippen molar-refractivity contribution in [3.63, 3.8) is 0 Å². The zero-order valence-electron chi connectivity index (χ0n) is 15.0. The average molecular weight is 387 g/mol. The highest BCUT2D eigenvalue weighted by molar-refractivity contribution is 7.17. The van der Waals surface area contributed by atoms with Gasteiger partial charge in [0.25, 0.3) is 5.91 Å². The van der Waals surface area contributed by atoms with Crippen molar-refractivity contribution in [2.24, 2.45) is 5.73 Å². The molecule has 2 heterocycles. The van der Waals surface area contributed by atoms with Gasteiger partial charge in [-0.25, -0.2) is 9.78 Å². The summed E-state index contributed by atoms with van der Waals surface area (Å²) < 4.78 is 5.19. The summed E-state index contributed by atoms with van der Waals surface area (Å²) in [6.45, 7) is 1.76. The summed E-state index contributed by atoms with van der Waals surface area (Å²) in [5.74, 6) is -1.52. The fourth-order valence-electron chi connectivity index (χ4n) is 3.09. The van der Waals surface area contributed by atoms with Crippen LogP contribution in [0.15, 0.2) is 30.3 Å². The molecular formula is C19H21N3O4S. The van der Waals surface area contributed by atoms with Gasteiger partial charge >= 0.3 is 5.97 Å². The Balaban J connectivity index is 1.65. The average Bonchev–Trinajstić information content (AvgIpc) is 3.08. The molecule has 1 aromatic heterocycles. The lowest BCUT2D eigenvalue weighted by Gasteiger charge is -2.33. The minimum absolute atomic E-state index is 0.367. The highest BCUT2D eigenvalue weighted by Crippen LogP contribution is 2.28. The number of nitrogens with zero attached hydrogens (tertiary/aromatic N) is 2. The Hall–Kier alpha value is -2.74. The molecule has 2 aromatic rings. The zero-order chi connectivity index (χ0) is 19.4. The first kappa shape index (κ1) is 19.0. The van der Waals surface area contributed by atoms with E-state index in [-0.39, 0.29) is 0 Å². The van der Waals surface area contributed by atoms with Crippen LogP contribution in [0, 0.1) is 6.92 Å². The number of hydrogen-bond donors (Lipinski definition) is 1. The van der Waals surface area contributed by atoms with Crippen molar-refractivity contribution < 1.29 is 19.1 Å². The molecule has 0 saturated carbocycles. The molecule has 1 aliphatic heterocycles. The summed E-state index contributed by atoms with van der Waals surface area (Å²) >= 11 is 1.23. The largest absolute Gasteiger partial charge is 0.451 e. The van der Waals surface area contributed by atoms with Gasteiger partial charge in [-0.2, -0.15) is 0 Å². The second-order valence-electron chi connectivity index (χ2n) is 6.38. The van der Waals surface area contributed by atoms with Crippen molar-refractivity contribution >= 4 is 29.1 Å². The molecule has 142 valence electrons. The number of rotatable bonds is 5. The van der Waals surface area contributed by atoms with Gasteiger partial charge in [-0.3, -0.25) is 9.59 Å². The predicted molar refractivity (Wildman–Crippen MR) is 101 cm³/mol. The van der Waals surface area contributed by atoms with Crippen LogP contribution >= 0.6 is 11.3 Å². The monoisotopic (exact) mass is 387 g/mol. The smallest absolute Gasteiger partial charge is 0.350 e. The summed E-state index contributed by atoms with van der Waals surface area (Å²) in [6.07, 6.45) is 2.20. The number of esters is 1. The number of nitrogens with two attached hydrogens (primary N) is 1. The van der Waals surface area contributed by atoms with Gasteiger partial charge in [0, 0.05) is 12.1 Å². The molecule has 0 spiro atoms. The fraction of sp³-hybridized carbons (Fsp3) is 0.368.